The van der Waals surface area contributed by atoms with E-state index >= 15 is 0 Å². The molecular weight excluding hydrogens is 641 g/mol. The third kappa shape index (κ3) is 36.6. The number of likely N-dealkylation sites (N-methyl/N-ethyl adjacent to an activating group) is 1. The van der Waals surface area contributed by atoms with E-state index in [1.807, 2.05) is 28.1 Å². The second kappa shape index (κ2) is 32.9. The van der Waals surface area contributed by atoms with Crippen LogP contribution in [0.25, 0.3) is 0 Å². The average Bonchev–Trinajstić information content (AvgIpc) is 3.03. The van der Waals surface area contributed by atoms with Gasteiger partial charge in [-0.3, -0.25) is 18.6 Å². The number of phosphoric ester groups is 1. The first-order chi connectivity index (χ1) is 23.5. The van der Waals surface area contributed by atoms with E-state index in [2.05, 4.69) is 6.92 Å². The predicted octanol–water partition coefficient (Wildman–Crippen LogP) is 10.9. The summed E-state index contributed by atoms with van der Waals surface area (Å²) in [5.74, 6) is -0.849. The lowest BCUT2D eigenvalue weighted by molar-refractivity contribution is -0.870. The lowest BCUT2D eigenvalue weighted by Crippen LogP contribution is -2.37. The third-order valence-electron chi connectivity index (χ3n) is 8.86. The van der Waals surface area contributed by atoms with E-state index in [-0.39, 0.29) is 26.1 Å². The minimum Gasteiger partial charge on any atom is -0.462 e. The first-order valence-electron chi connectivity index (χ1n) is 20.3. The van der Waals surface area contributed by atoms with Crippen LogP contribution in [0.4, 0.5) is 0 Å². The van der Waals surface area contributed by atoms with E-state index in [1.54, 1.807) is 0 Å². The quantitative estimate of drug-likeness (QED) is 0.0292. The summed E-state index contributed by atoms with van der Waals surface area (Å²) in [6.45, 7) is 4.06. The van der Waals surface area contributed by atoms with E-state index in [0.717, 1.165) is 12.8 Å². The molecule has 0 spiro atoms. The molecule has 2 unspecified atom stereocenters. The van der Waals surface area contributed by atoms with Crippen molar-refractivity contribution in [3.8, 4) is 0 Å². The van der Waals surface area contributed by atoms with Crippen LogP contribution in [-0.4, -0.2) is 74.9 Å². The highest BCUT2D eigenvalue weighted by Crippen LogP contribution is 2.43. The fraction of sp³-hybridized carbons (Fsp3) is 0.949. The molecular formula is C39H79NO8P+. The first kappa shape index (κ1) is 48.0. The lowest BCUT2D eigenvalue weighted by Gasteiger charge is -2.24. The molecule has 49 heavy (non-hydrogen) atoms. The van der Waals surface area contributed by atoms with Crippen molar-refractivity contribution in [1.82, 2.24) is 0 Å². The Labute approximate surface area is 302 Å². The van der Waals surface area contributed by atoms with E-state index in [1.165, 1.54) is 135 Å². The molecule has 10 heteroatoms. The Balaban J connectivity index is 3.82. The maximum absolute atomic E-state index is 12.5. The van der Waals surface area contributed by atoms with E-state index in [4.69, 9.17) is 18.5 Å². The third-order valence-corrected chi connectivity index (χ3v) is 9.84. The smallest absolute Gasteiger partial charge is 0.462 e. The molecule has 0 saturated carbocycles. The van der Waals surface area contributed by atoms with E-state index < -0.39 is 32.5 Å². The molecule has 0 amide bonds. The highest BCUT2D eigenvalue weighted by Gasteiger charge is 2.27. The maximum Gasteiger partial charge on any atom is 0.472 e. The molecule has 1 N–H and O–H groups in total. The van der Waals surface area contributed by atoms with Crippen molar-refractivity contribution in [1.29, 1.82) is 0 Å². The van der Waals surface area contributed by atoms with Gasteiger partial charge in [-0.25, -0.2) is 4.57 Å². The molecule has 0 aliphatic carbocycles. The Hall–Kier alpha value is -0.990. The summed E-state index contributed by atoms with van der Waals surface area (Å²) in [7, 11) is 1.48. The van der Waals surface area contributed by atoms with Crippen LogP contribution in [0.2, 0.25) is 0 Å². The zero-order valence-electron chi connectivity index (χ0n) is 32.7. The zero-order valence-corrected chi connectivity index (χ0v) is 33.6. The summed E-state index contributed by atoms with van der Waals surface area (Å²) < 4.78 is 33.6. The van der Waals surface area contributed by atoms with Crippen LogP contribution in [0.3, 0.4) is 0 Å². The summed E-state index contributed by atoms with van der Waals surface area (Å²) in [6.07, 6.45) is 31.9. The number of esters is 2. The van der Waals surface area contributed by atoms with Gasteiger partial charge in [0.2, 0.25) is 0 Å². The van der Waals surface area contributed by atoms with Crippen LogP contribution in [0, 0.1) is 0 Å². The van der Waals surface area contributed by atoms with Crippen molar-refractivity contribution in [2.24, 2.45) is 0 Å². The molecule has 0 fully saturated rings. The molecule has 0 heterocycles. The molecule has 0 aromatic heterocycles. The number of nitrogens with zero attached hydrogens (tertiary/aromatic N) is 1. The van der Waals surface area contributed by atoms with E-state index in [9.17, 15) is 19.0 Å². The topological polar surface area (TPSA) is 108 Å². The van der Waals surface area contributed by atoms with Crippen molar-refractivity contribution in [2.75, 3.05) is 47.5 Å². The van der Waals surface area contributed by atoms with Crippen LogP contribution >= 0.6 is 7.82 Å². The van der Waals surface area contributed by atoms with Crippen molar-refractivity contribution < 1.29 is 42.1 Å². The number of phosphoric acid groups is 1. The number of hydrogen-bond donors (Lipinski definition) is 1. The van der Waals surface area contributed by atoms with Crippen LogP contribution < -0.4 is 0 Å². The van der Waals surface area contributed by atoms with Gasteiger partial charge in [0, 0.05) is 12.8 Å². The highest BCUT2D eigenvalue weighted by molar-refractivity contribution is 7.47. The number of ether oxygens (including phenoxy) is 2. The van der Waals surface area contributed by atoms with Crippen LogP contribution in [0.15, 0.2) is 0 Å². The van der Waals surface area contributed by atoms with Gasteiger partial charge in [-0.15, -0.1) is 0 Å². The lowest BCUT2D eigenvalue weighted by atomic mass is 10.0. The Bertz CT molecular complexity index is 819. The van der Waals surface area contributed by atoms with Gasteiger partial charge in [-0.2, -0.15) is 0 Å². The molecule has 0 aromatic rings. The number of unbranched alkanes of at least 4 members (excludes halogenated alkanes) is 23. The molecule has 0 rings (SSSR count). The van der Waals surface area contributed by atoms with Gasteiger partial charge in [0.1, 0.15) is 19.8 Å². The maximum atomic E-state index is 12.5. The summed E-state index contributed by atoms with van der Waals surface area (Å²) >= 11 is 0. The van der Waals surface area contributed by atoms with Crippen molar-refractivity contribution >= 4 is 19.8 Å². The van der Waals surface area contributed by atoms with Crippen molar-refractivity contribution in [3.63, 3.8) is 0 Å². The number of carbonyl (C=O) groups excluding carboxylic acids is 2. The van der Waals surface area contributed by atoms with Gasteiger partial charge in [0.15, 0.2) is 6.10 Å². The molecule has 0 bridgehead atoms. The van der Waals surface area contributed by atoms with Crippen LogP contribution in [0.5, 0.6) is 0 Å². The Morgan fingerprint density at radius 2 is 0.959 bits per heavy atom. The molecule has 0 aliphatic heterocycles. The molecule has 2 atom stereocenters. The van der Waals surface area contributed by atoms with E-state index in [0.29, 0.717) is 23.9 Å². The SMILES string of the molecule is CCCCCCCCCCCCCCCCCCCCCCCCCCC(=O)OC(COC(=O)CCC)COP(=O)(O)OCC[N+](C)(C)C. The average molecular weight is 721 g/mol. The fourth-order valence-electron chi connectivity index (χ4n) is 5.70. The Kier molecular flexibility index (Phi) is 32.2. The van der Waals surface area contributed by atoms with Gasteiger partial charge in [0.05, 0.1) is 27.7 Å². The largest absolute Gasteiger partial charge is 0.472 e. The number of quaternary nitrogens is 1. The standard InChI is InChI=1S/C39H78NO8P/c1-6-8-9-10-11-12-13-14-15-16-17-18-19-20-21-22-23-24-25-26-27-28-29-30-32-39(42)48-37(35-45-38(41)31-7-2)36-47-49(43,44)46-34-33-40(3,4)5/h37H,6-36H2,1-5H3/p+1. The normalized spacial score (nSPS) is 13.7. The summed E-state index contributed by atoms with van der Waals surface area (Å²) in [5.41, 5.74) is 0. The van der Waals surface area contributed by atoms with Gasteiger partial charge in [-0.1, -0.05) is 162 Å². The number of hydrogen-bond acceptors (Lipinski definition) is 7. The Morgan fingerprint density at radius 3 is 1.35 bits per heavy atom. The van der Waals surface area contributed by atoms with Crippen molar-refractivity contribution in [2.45, 2.75) is 193 Å². The molecule has 0 saturated heterocycles. The molecule has 292 valence electrons. The molecule has 0 aromatic carbocycles. The first-order valence-corrected chi connectivity index (χ1v) is 21.8. The van der Waals surface area contributed by atoms with Crippen LogP contribution in [-0.2, 0) is 32.7 Å². The second-order valence-corrected chi connectivity index (χ2v) is 16.5. The highest BCUT2D eigenvalue weighted by atomic mass is 31.2. The summed E-state index contributed by atoms with van der Waals surface area (Å²) in [6, 6.07) is 0. The second-order valence-electron chi connectivity index (χ2n) is 15.0. The molecule has 0 radical (unpaired) electrons. The minimum absolute atomic E-state index is 0.0345. The number of carbonyl (C=O) groups is 2. The summed E-state index contributed by atoms with van der Waals surface area (Å²) in [4.78, 5) is 34.3. The molecule has 9 nitrogen and oxygen atoms in total. The predicted molar refractivity (Wildman–Crippen MR) is 201 cm³/mol. The van der Waals surface area contributed by atoms with Gasteiger partial charge in [0.25, 0.3) is 0 Å². The van der Waals surface area contributed by atoms with Crippen LogP contribution in [0.1, 0.15) is 187 Å². The monoisotopic (exact) mass is 721 g/mol. The fourth-order valence-corrected chi connectivity index (χ4v) is 6.44. The van der Waals surface area contributed by atoms with Gasteiger partial charge >= 0.3 is 19.8 Å². The number of rotatable bonds is 37. The van der Waals surface area contributed by atoms with Gasteiger partial charge in [-0.05, 0) is 12.8 Å². The zero-order chi connectivity index (χ0) is 36.5. The van der Waals surface area contributed by atoms with Crippen molar-refractivity contribution in [3.05, 3.63) is 0 Å². The summed E-state index contributed by atoms with van der Waals surface area (Å²) in [5, 5.41) is 0. The minimum atomic E-state index is -4.34. The Morgan fingerprint density at radius 1 is 0.551 bits per heavy atom. The van der Waals surface area contributed by atoms with Gasteiger partial charge < -0.3 is 18.9 Å². The molecule has 0 aliphatic rings.